The molecule has 2 atom stereocenters. The monoisotopic (exact) mass is 370 g/mol. The zero-order valence-electron chi connectivity index (χ0n) is 15.3. The van der Waals surface area contributed by atoms with Gasteiger partial charge < -0.3 is 10.1 Å². The van der Waals surface area contributed by atoms with Crippen LogP contribution in [0.5, 0.6) is 5.75 Å². The highest BCUT2D eigenvalue weighted by molar-refractivity contribution is 7.98. The fourth-order valence-electron chi connectivity index (χ4n) is 3.85. The smallest absolute Gasteiger partial charge is 0.227 e. The second kappa shape index (κ2) is 6.16. The number of nitrogens with one attached hydrogen (secondary N) is 1. The summed E-state index contributed by atoms with van der Waals surface area (Å²) in [5.41, 5.74) is 1.75. The summed E-state index contributed by atoms with van der Waals surface area (Å²) in [4.78, 5) is 17.7. The van der Waals surface area contributed by atoms with Crippen LogP contribution in [0.15, 0.2) is 41.2 Å². The summed E-state index contributed by atoms with van der Waals surface area (Å²) in [6.07, 6.45) is 4.63. The summed E-state index contributed by atoms with van der Waals surface area (Å²) in [5.74, 6) is 1.37. The number of aromatic nitrogens is 3. The summed E-state index contributed by atoms with van der Waals surface area (Å²) >= 11 is 1.49. The molecule has 0 bridgehead atoms. The van der Waals surface area contributed by atoms with Crippen LogP contribution < -0.4 is 10.1 Å². The quantitative estimate of drug-likeness (QED) is 0.834. The van der Waals surface area contributed by atoms with Crippen LogP contribution in [0.1, 0.15) is 31.9 Å². The van der Waals surface area contributed by atoms with Crippen molar-refractivity contribution in [2.24, 2.45) is 11.3 Å². The normalized spacial score (nSPS) is 23.5. The molecule has 2 aliphatic rings. The lowest BCUT2D eigenvalue weighted by Gasteiger charge is -2.40. The largest absolute Gasteiger partial charge is 0.497 e. The van der Waals surface area contributed by atoms with Gasteiger partial charge in [-0.05, 0) is 29.4 Å². The predicted octanol–water partition coefficient (Wildman–Crippen LogP) is 3.52. The van der Waals surface area contributed by atoms with Crippen molar-refractivity contribution in [3.05, 3.63) is 41.6 Å². The summed E-state index contributed by atoms with van der Waals surface area (Å²) in [5, 5.41) is 8.67. The first-order valence-corrected chi connectivity index (χ1v) is 9.81. The van der Waals surface area contributed by atoms with Gasteiger partial charge in [-0.25, -0.2) is 4.68 Å². The highest BCUT2D eigenvalue weighted by atomic mass is 32.2. The number of hydrogen-bond donors (Lipinski definition) is 1. The van der Waals surface area contributed by atoms with E-state index >= 15 is 0 Å². The highest BCUT2D eigenvalue weighted by Gasteiger charge is 2.45. The van der Waals surface area contributed by atoms with Crippen LogP contribution in [0.2, 0.25) is 0 Å². The Bertz CT molecular complexity index is 903. The van der Waals surface area contributed by atoms with Gasteiger partial charge in [0.05, 0.1) is 19.1 Å². The van der Waals surface area contributed by atoms with Gasteiger partial charge in [0.1, 0.15) is 11.5 Å². The molecule has 2 heterocycles. The average molecular weight is 370 g/mol. The van der Waals surface area contributed by atoms with Crippen molar-refractivity contribution in [2.45, 2.75) is 31.5 Å². The van der Waals surface area contributed by atoms with Crippen molar-refractivity contribution in [2.75, 3.05) is 18.7 Å². The van der Waals surface area contributed by atoms with E-state index in [9.17, 15) is 4.79 Å². The van der Waals surface area contributed by atoms with Gasteiger partial charge in [-0.2, -0.15) is 4.98 Å². The Balaban J connectivity index is 1.91. The fourth-order valence-corrected chi connectivity index (χ4v) is 4.20. The average Bonchev–Trinajstić information content (AvgIpc) is 3.01. The van der Waals surface area contributed by atoms with Crippen molar-refractivity contribution in [3.8, 4) is 5.75 Å². The SMILES string of the molecule is COc1cccc([C@H]2[C@@H]3C(=O)CC(C)(C)C=C3Nc3nc(SC)nn32)c1. The number of thioether (sulfide) groups is 1. The molecular formula is C19H22N4O2S. The first-order chi connectivity index (χ1) is 12.4. The molecule has 0 saturated carbocycles. The third kappa shape index (κ3) is 2.80. The first kappa shape index (κ1) is 17.1. The zero-order valence-corrected chi connectivity index (χ0v) is 16.1. The van der Waals surface area contributed by atoms with Gasteiger partial charge in [0.25, 0.3) is 0 Å². The van der Waals surface area contributed by atoms with E-state index in [1.165, 1.54) is 11.8 Å². The van der Waals surface area contributed by atoms with Gasteiger partial charge >= 0.3 is 0 Å². The Morgan fingerprint density at radius 1 is 1.38 bits per heavy atom. The summed E-state index contributed by atoms with van der Waals surface area (Å²) in [6, 6.07) is 7.62. The van der Waals surface area contributed by atoms with Crippen molar-refractivity contribution < 1.29 is 9.53 Å². The maximum Gasteiger partial charge on any atom is 0.227 e. The number of ketones is 1. The van der Waals surface area contributed by atoms with Crippen molar-refractivity contribution in [3.63, 3.8) is 0 Å². The van der Waals surface area contributed by atoms with Crippen LogP contribution in [-0.2, 0) is 4.79 Å². The van der Waals surface area contributed by atoms with E-state index in [0.29, 0.717) is 17.5 Å². The Hall–Kier alpha value is -2.28. The predicted molar refractivity (Wildman–Crippen MR) is 102 cm³/mol. The zero-order chi connectivity index (χ0) is 18.5. The molecule has 4 rings (SSSR count). The van der Waals surface area contributed by atoms with Crippen molar-refractivity contribution in [1.82, 2.24) is 14.8 Å². The molecule has 1 aliphatic carbocycles. The van der Waals surface area contributed by atoms with Gasteiger partial charge in [-0.1, -0.05) is 43.8 Å². The number of anilines is 1. The molecular weight excluding hydrogens is 348 g/mol. The number of rotatable bonds is 3. The van der Waals surface area contributed by atoms with Crippen LogP contribution in [0.3, 0.4) is 0 Å². The van der Waals surface area contributed by atoms with Gasteiger partial charge in [-0.3, -0.25) is 4.79 Å². The van der Waals surface area contributed by atoms with Crippen molar-refractivity contribution in [1.29, 1.82) is 0 Å². The van der Waals surface area contributed by atoms with Gasteiger partial charge in [0, 0.05) is 12.1 Å². The first-order valence-electron chi connectivity index (χ1n) is 8.59. The number of nitrogens with zero attached hydrogens (tertiary/aromatic N) is 3. The number of carbonyl (C=O) groups is 1. The molecule has 1 aromatic carbocycles. The second-order valence-electron chi connectivity index (χ2n) is 7.42. The molecule has 0 spiro atoms. The maximum atomic E-state index is 13.1. The topological polar surface area (TPSA) is 69.0 Å². The summed E-state index contributed by atoms with van der Waals surface area (Å²) in [7, 11) is 1.65. The molecule has 6 nitrogen and oxygen atoms in total. The van der Waals surface area contributed by atoms with Gasteiger partial charge in [0.15, 0.2) is 0 Å². The molecule has 1 N–H and O–H groups in total. The van der Waals surface area contributed by atoms with Crippen molar-refractivity contribution >= 4 is 23.5 Å². The third-order valence-corrected chi connectivity index (χ3v) is 5.46. The van der Waals surface area contributed by atoms with Crippen LogP contribution in [0, 0.1) is 11.3 Å². The molecule has 1 aromatic heterocycles. The lowest BCUT2D eigenvalue weighted by Crippen LogP contribution is -2.42. The molecule has 0 radical (unpaired) electrons. The lowest BCUT2D eigenvalue weighted by molar-refractivity contribution is -0.125. The fraction of sp³-hybridized carbons (Fsp3) is 0.421. The van der Waals surface area contributed by atoms with E-state index in [-0.39, 0.29) is 23.2 Å². The van der Waals surface area contributed by atoms with Crippen LogP contribution >= 0.6 is 11.8 Å². The van der Waals surface area contributed by atoms with E-state index in [2.05, 4.69) is 35.3 Å². The van der Waals surface area contributed by atoms with Gasteiger partial charge in [-0.15, -0.1) is 5.10 Å². The summed E-state index contributed by atoms with van der Waals surface area (Å²) in [6.45, 7) is 4.17. The van der Waals surface area contributed by atoms with Crippen LogP contribution in [0.4, 0.5) is 5.95 Å². The number of carbonyl (C=O) groups excluding carboxylic acids is 1. The number of Topliss-reactive ketones (excluding diaryl/α,β-unsaturated/α-hetero) is 1. The van der Waals surface area contributed by atoms with E-state index in [4.69, 9.17) is 4.74 Å². The Morgan fingerprint density at radius 3 is 2.92 bits per heavy atom. The lowest BCUT2D eigenvalue weighted by atomic mass is 9.72. The van der Waals surface area contributed by atoms with E-state index < -0.39 is 0 Å². The molecule has 0 amide bonds. The highest BCUT2D eigenvalue weighted by Crippen LogP contribution is 2.45. The van der Waals surface area contributed by atoms with E-state index in [0.717, 1.165) is 17.0 Å². The number of methoxy groups -OCH3 is 1. The minimum atomic E-state index is -0.293. The molecule has 26 heavy (non-hydrogen) atoms. The molecule has 2 aromatic rings. The van der Waals surface area contributed by atoms with Gasteiger partial charge in [0.2, 0.25) is 11.1 Å². The minimum Gasteiger partial charge on any atom is -0.497 e. The number of allylic oxidation sites excluding steroid dienone is 2. The van der Waals surface area contributed by atoms with Crippen LogP contribution in [0.25, 0.3) is 0 Å². The standard InChI is InChI=1S/C19H22N4O2S/c1-19(2)9-13-15(14(24)10-19)16(11-6-5-7-12(8-11)25-3)23-17(20-13)21-18(22-23)26-4/h5-9,15-16H,10H2,1-4H3,(H,20,21,22)/t15-,16-/m0/s1. The number of benzene rings is 1. The van der Waals surface area contributed by atoms with E-state index in [1.54, 1.807) is 7.11 Å². The minimum absolute atomic E-state index is 0.167. The van der Waals surface area contributed by atoms with E-state index in [1.807, 2.05) is 35.2 Å². The molecule has 136 valence electrons. The Kier molecular flexibility index (Phi) is 4.06. The Morgan fingerprint density at radius 2 is 2.19 bits per heavy atom. The number of fused-ring (bicyclic) bond motifs is 2. The number of hydrogen-bond acceptors (Lipinski definition) is 6. The second-order valence-corrected chi connectivity index (χ2v) is 8.20. The Labute approximate surface area is 157 Å². The molecule has 1 aliphatic heterocycles. The number of ether oxygens (including phenoxy) is 1. The summed E-state index contributed by atoms with van der Waals surface area (Å²) < 4.78 is 7.24. The maximum absolute atomic E-state index is 13.1. The third-order valence-electron chi connectivity index (χ3n) is 4.92. The van der Waals surface area contributed by atoms with Crippen LogP contribution in [-0.4, -0.2) is 33.9 Å². The molecule has 0 fully saturated rings. The molecule has 7 heteroatoms. The molecule has 0 saturated heterocycles. The molecule has 0 unspecified atom stereocenters.